The zero-order valence-corrected chi connectivity index (χ0v) is 19.9. The van der Waals surface area contributed by atoms with Gasteiger partial charge in [-0.25, -0.2) is 0 Å². The summed E-state index contributed by atoms with van der Waals surface area (Å²) in [5.74, 6) is 0. The Morgan fingerprint density at radius 2 is 1.26 bits per heavy atom. The van der Waals surface area contributed by atoms with Crippen LogP contribution in [0.5, 0.6) is 0 Å². The van der Waals surface area contributed by atoms with Crippen LogP contribution in [-0.4, -0.2) is 0 Å². The molecule has 0 nitrogen and oxygen atoms in total. The van der Waals surface area contributed by atoms with E-state index in [1.165, 1.54) is 43.5 Å². The van der Waals surface area contributed by atoms with Crippen LogP contribution in [0.3, 0.4) is 0 Å². The lowest BCUT2D eigenvalue weighted by Crippen LogP contribution is -2.25. The third-order valence-corrected chi connectivity index (χ3v) is 5.28. The predicted octanol–water partition coefficient (Wildman–Crippen LogP) is 7.75. The molecule has 4 rings (SSSR count). The normalized spacial score (nSPS) is 11.4. The molecule has 4 aromatic carbocycles. The molecule has 0 aliphatic heterocycles. The minimum Gasteiger partial charge on any atom is -0.0798 e. The van der Waals surface area contributed by atoms with Crippen LogP contribution in [0.4, 0.5) is 0 Å². The highest BCUT2D eigenvalue weighted by molar-refractivity contribution is 5.86. The maximum Gasteiger partial charge on any atom is -0.00196 e. The fourth-order valence-electron chi connectivity index (χ4n) is 3.88. The van der Waals surface area contributed by atoms with Crippen LogP contribution in [0.2, 0.25) is 0 Å². The van der Waals surface area contributed by atoms with Crippen LogP contribution in [0.1, 0.15) is 52.7 Å². The smallest absolute Gasteiger partial charge is 0.00196 e. The van der Waals surface area contributed by atoms with Gasteiger partial charge in [-0.05, 0) is 63.7 Å². The summed E-state index contributed by atoms with van der Waals surface area (Å²) in [5, 5.41) is 5.25. The fourth-order valence-corrected chi connectivity index (χ4v) is 3.88. The lowest BCUT2D eigenvalue weighted by atomic mass is 9.96. The molecule has 0 radical (unpaired) electrons. The molecule has 0 bridgehead atoms. The number of benzene rings is 4. The monoisotopic (exact) mass is 408 g/mol. The molecule has 0 atom stereocenters. The lowest BCUT2D eigenvalue weighted by molar-refractivity contribution is 1.21. The van der Waals surface area contributed by atoms with Gasteiger partial charge in [-0.2, -0.15) is 0 Å². The minimum atomic E-state index is 0.956. The topological polar surface area (TPSA) is 0 Å². The van der Waals surface area contributed by atoms with Gasteiger partial charge in [0.15, 0.2) is 0 Å². The first-order valence-corrected chi connectivity index (χ1v) is 11.6. The van der Waals surface area contributed by atoms with E-state index in [4.69, 9.17) is 0 Å². The molecule has 0 heterocycles. The fraction of sp³-hybridized carbons (Fsp3) is 0.226. The zero-order valence-electron chi connectivity index (χ0n) is 19.9. The summed E-state index contributed by atoms with van der Waals surface area (Å²) in [5.41, 5.74) is 5.29. The third kappa shape index (κ3) is 5.73. The molecule has 0 aliphatic carbocycles. The van der Waals surface area contributed by atoms with E-state index in [-0.39, 0.29) is 0 Å². The number of rotatable bonds is 3. The van der Waals surface area contributed by atoms with Crippen LogP contribution in [0.25, 0.3) is 34.1 Å². The first kappa shape index (κ1) is 24.2. The third-order valence-electron chi connectivity index (χ3n) is 5.28. The van der Waals surface area contributed by atoms with Gasteiger partial charge in [0, 0.05) is 0 Å². The molecule has 160 valence electrons. The van der Waals surface area contributed by atoms with E-state index in [1.807, 2.05) is 27.7 Å². The summed E-state index contributed by atoms with van der Waals surface area (Å²) >= 11 is 0. The summed E-state index contributed by atoms with van der Waals surface area (Å²) in [6.07, 6.45) is 5.33. The van der Waals surface area contributed by atoms with Gasteiger partial charge in [0.1, 0.15) is 0 Å². The molecule has 0 heteroatoms. The Morgan fingerprint density at radius 1 is 0.613 bits per heavy atom. The van der Waals surface area contributed by atoms with Crippen LogP contribution in [-0.2, 0) is 6.42 Å². The predicted molar refractivity (Wildman–Crippen MR) is 141 cm³/mol. The summed E-state index contributed by atoms with van der Waals surface area (Å²) in [6.45, 7) is 12.2. The van der Waals surface area contributed by atoms with Crippen molar-refractivity contribution in [3.8, 4) is 11.1 Å². The summed E-state index contributed by atoms with van der Waals surface area (Å²) in [6, 6.07) is 30.8. The molecule has 0 aliphatic rings. The van der Waals surface area contributed by atoms with Crippen molar-refractivity contribution in [3.05, 3.63) is 106 Å². The molecule has 31 heavy (non-hydrogen) atoms. The van der Waals surface area contributed by atoms with Gasteiger partial charge < -0.3 is 0 Å². The molecule has 0 aromatic heterocycles. The number of hydrogen-bond donors (Lipinski definition) is 0. The average molecular weight is 409 g/mol. The largest absolute Gasteiger partial charge is 0.0798 e. The van der Waals surface area contributed by atoms with Gasteiger partial charge in [0.25, 0.3) is 0 Å². The van der Waals surface area contributed by atoms with Crippen molar-refractivity contribution in [1.82, 2.24) is 0 Å². The van der Waals surface area contributed by atoms with Crippen molar-refractivity contribution in [3.63, 3.8) is 0 Å². The van der Waals surface area contributed by atoms with E-state index in [2.05, 4.69) is 111 Å². The molecule has 0 amide bonds. The second-order valence-corrected chi connectivity index (χ2v) is 6.90. The molecule has 4 aromatic rings. The van der Waals surface area contributed by atoms with Crippen molar-refractivity contribution >= 4 is 22.9 Å². The molecule has 0 unspecified atom stereocenters. The van der Waals surface area contributed by atoms with Gasteiger partial charge in [0.2, 0.25) is 0 Å². The number of fused-ring (bicyclic) bond motifs is 1. The molecule has 0 fully saturated rings. The molecule has 0 N–H and O–H groups in total. The maximum absolute atomic E-state index is 2.26. The first-order valence-electron chi connectivity index (χ1n) is 11.6. The van der Waals surface area contributed by atoms with Crippen LogP contribution in [0, 0.1) is 0 Å². The Morgan fingerprint density at radius 3 is 1.94 bits per heavy atom. The van der Waals surface area contributed by atoms with Crippen molar-refractivity contribution < 1.29 is 0 Å². The van der Waals surface area contributed by atoms with Crippen LogP contribution < -0.4 is 10.4 Å². The van der Waals surface area contributed by atoms with Crippen molar-refractivity contribution in [2.24, 2.45) is 0 Å². The Kier molecular flexibility index (Phi) is 9.78. The average Bonchev–Trinajstić information content (AvgIpc) is 2.86. The van der Waals surface area contributed by atoms with Crippen molar-refractivity contribution in [1.29, 1.82) is 0 Å². The van der Waals surface area contributed by atoms with Crippen LogP contribution >= 0.6 is 0 Å². The van der Waals surface area contributed by atoms with E-state index in [0.717, 1.165) is 6.42 Å². The Labute approximate surface area is 188 Å². The molecule has 0 saturated heterocycles. The highest BCUT2D eigenvalue weighted by Crippen LogP contribution is 2.23. The second-order valence-electron chi connectivity index (χ2n) is 6.90. The minimum absolute atomic E-state index is 0.956. The van der Waals surface area contributed by atoms with Crippen molar-refractivity contribution in [2.75, 3.05) is 0 Å². The van der Waals surface area contributed by atoms with E-state index in [1.54, 1.807) is 0 Å². The Bertz CT molecular complexity index is 1190. The van der Waals surface area contributed by atoms with Gasteiger partial charge >= 0.3 is 0 Å². The first-order chi connectivity index (χ1) is 15.3. The second kappa shape index (κ2) is 12.5. The highest BCUT2D eigenvalue weighted by atomic mass is 14.1. The van der Waals surface area contributed by atoms with Gasteiger partial charge in [-0.3, -0.25) is 0 Å². The Balaban J connectivity index is 0.000000807. The van der Waals surface area contributed by atoms with E-state index >= 15 is 0 Å². The van der Waals surface area contributed by atoms with Gasteiger partial charge in [-0.15, -0.1) is 0 Å². The van der Waals surface area contributed by atoms with Crippen molar-refractivity contribution in [2.45, 2.75) is 48.0 Å². The molecular weight excluding hydrogens is 372 g/mol. The van der Waals surface area contributed by atoms with E-state index < -0.39 is 0 Å². The lowest BCUT2D eigenvalue weighted by Gasteiger charge is -2.09. The van der Waals surface area contributed by atoms with E-state index in [0.29, 0.717) is 0 Å². The quantitative estimate of drug-likeness (QED) is 0.325. The molecular formula is C31H36. The standard InChI is InChI=1S/C27H24.2C2H6/c1-3-21-10-8-14-27(25(21)4-2)23-17-15-20(16-18-23)19-24-12-7-11-22-9-5-6-13-26(22)24;2*1-2/h3-18H,19H2,1-2H3;2*1-2H3/b21-3-,25-4+;;. The summed E-state index contributed by atoms with van der Waals surface area (Å²) in [7, 11) is 0. The SMILES string of the molecule is C/C=c1/cccc(-c2ccc(Cc3cccc4ccccc34)cc2)/c1=C/C.CC.CC. The van der Waals surface area contributed by atoms with Gasteiger partial charge in [-0.1, -0.05) is 125 Å². The van der Waals surface area contributed by atoms with E-state index in [9.17, 15) is 0 Å². The molecule has 0 spiro atoms. The zero-order chi connectivity index (χ0) is 22.6. The highest BCUT2D eigenvalue weighted by Gasteiger charge is 2.04. The Hall–Kier alpha value is -3.12. The number of hydrogen-bond acceptors (Lipinski definition) is 0. The van der Waals surface area contributed by atoms with Crippen LogP contribution in [0.15, 0.2) is 84.9 Å². The molecule has 0 saturated carbocycles. The maximum atomic E-state index is 2.26. The van der Waals surface area contributed by atoms with Gasteiger partial charge in [0.05, 0.1) is 0 Å². The summed E-state index contributed by atoms with van der Waals surface area (Å²) < 4.78 is 0. The summed E-state index contributed by atoms with van der Waals surface area (Å²) in [4.78, 5) is 0.